The van der Waals surface area contributed by atoms with Gasteiger partial charge in [-0.1, -0.05) is 0 Å². The SMILES string of the molecule is CN(Cc1ccco1)Cc1nnnn1C1CC1. The van der Waals surface area contributed by atoms with Gasteiger partial charge in [-0.15, -0.1) is 5.10 Å². The molecule has 0 aliphatic heterocycles. The van der Waals surface area contributed by atoms with Crippen LogP contribution in [-0.4, -0.2) is 32.2 Å². The summed E-state index contributed by atoms with van der Waals surface area (Å²) in [6, 6.07) is 4.40. The molecule has 0 bridgehead atoms. The number of rotatable bonds is 5. The number of hydrogen-bond acceptors (Lipinski definition) is 5. The number of aromatic nitrogens is 4. The van der Waals surface area contributed by atoms with Crippen LogP contribution in [0.4, 0.5) is 0 Å². The summed E-state index contributed by atoms with van der Waals surface area (Å²) in [4.78, 5) is 2.14. The molecule has 1 aliphatic rings. The van der Waals surface area contributed by atoms with Gasteiger partial charge in [0.25, 0.3) is 0 Å². The fourth-order valence-electron chi connectivity index (χ4n) is 1.89. The van der Waals surface area contributed by atoms with E-state index in [1.54, 1.807) is 6.26 Å². The molecule has 6 heteroatoms. The summed E-state index contributed by atoms with van der Waals surface area (Å²) < 4.78 is 7.26. The zero-order chi connectivity index (χ0) is 11.7. The molecule has 1 aliphatic carbocycles. The molecule has 1 saturated carbocycles. The topological polar surface area (TPSA) is 60.0 Å². The molecule has 0 saturated heterocycles. The molecule has 0 spiro atoms. The molecule has 90 valence electrons. The third kappa shape index (κ3) is 2.36. The van der Waals surface area contributed by atoms with Crippen LogP contribution in [-0.2, 0) is 13.1 Å². The quantitative estimate of drug-likeness (QED) is 0.777. The monoisotopic (exact) mass is 233 g/mol. The van der Waals surface area contributed by atoms with Gasteiger partial charge in [0.1, 0.15) is 5.76 Å². The van der Waals surface area contributed by atoms with Crippen LogP contribution in [0.5, 0.6) is 0 Å². The molecule has 0 radical (unpaired) electrons. The van der Waals surface area contributed by atoms with Crippen molar-refractivity contribution < 1.29 is 4.42 Å². The van der Waals surface area contributed by atoms with Crippen LogP contribution in [0.25, 0.3) is 0 Å². The average Bonchev–Trinajstić information content (AvgIpc) is 2.84. The van der Waals surface area contributed by atoms with E-state index in [2.05, 4.69) is 20.4 Å². The average molecular weight is 233 g/mol. The van der Waals surface area contributed by atoms with E-state index in [0.717, 1.165) is 24.7 Å². The maximum atomic E-state index is 5.31. The van der Waals surface area contributed by atoms with Gasteiger partial charge in [-0.2, -0.15) is 0 Å². The third-order valence-corrected chi connectivity index (χ3v) is 2.87. The lowest BCUT2D eigenvalue weighted by molar-refractivity contribution is 0.275. The van der Waals surface area contributed by atoms with E-state index < -0.39 is 0 Å². The molecule has 0 amide bonds. The summed E-state index contributed by atoms with van der Waals surface area (Å²) in [5, 5.41) is 11.9. The van der Waals surface area contributed by atoms with Crippen LogP contribution in [0, 0.1) is 0 Å². The number of nitrogens with zero attached hydrogens (tertiary/aromatic N) is 5. The highest BCUT2D eigenvalue weighted by atomic mass is 16.3. The van der Waals surface area contributed by atoms with Crippen molar-refractivity contribution in [3.63, 3.8) is 0 Å². The highest BCUT2D eigenvalue weighted by Crippen LogP contribution is 2.34. The second-order valence-corrected chi connectivity index (χ2v) is 4.52. The van der Waals surface area contributed by atoms with Crippen molar-refractivity contribution in [2.75, 3.05) is 7.05 Å². The lowest BCUT2D eigenvalue weighted by Crippen LogP contribution is -2.20. The molecular formula is C11H15N5O. The Morgan fingerprint density at radius 1 is 1.47 bits per heavy atom. The van der Waals surface area contributed by atoms with Crippen molar-refractivity contribution in [1.82, 2.24) is 25.1 Å². The first-order valence-electron chi connectivity index (χ1n) is 5.80. The molecule has 0 atom stereocenters. The fourth-order valence-corrected chi connectivity index (χ4v) is 1.89. The largest absolute Gasteiger partial charge is 0.468 e. The van der Waals surface area contributed by atoms with Gasteiger partial charge in [-0.25, -0.2) is 4.68 Å². The summed E-state index contributed by atoms with van der Waals surface area (Å²) in [5.74, 6) is 1.89. The standard InChI is InChI=1S/C11H15N5O/c1-15(7-10-3-2-6-17-10)8-11-12-13-14-16(11)9-4-5-9/h2-3,6,9H,4-5,7-8H2,1H3. The third-order valence-electron chi connectivity index (χ3n) is 2.87. The molecule has 0 aromatic carbocycles. The highest BCUT2D eigenvalue weighted by molar-refractivity contribution is 4.98. The second kappa shape index (κ2) is 4.29. The molecule has 1 fully saturated rings. The number of furan rings is 1. The van der Waals surface area contributed by atoms with Crippen molar-refractivity contribution in [1.29, 1.82) is 0 Å². The van der Waals surface area contributed by atoms with E-state index in [-0.39, 0.29) is 0 Å². The maximum absolute atomic E-state index is 5.31. The predicted molar refractivity (Wildman–Crippen MR) is 60.0 cm³/mol. The molecule has 3 rings (SSSR count). The smallest absolute Gasteiger partial charge is 0.165 e. The summed E-state index contributed by atoms with van der Waals surface area (Å²) in [5.41, 5.74) is 0. The predicted octanol–water partition coefficient (Wildman–Crippen LogP) is 1.23. The van der Waals surface area contributed by atoms with E-state index in [4.69, 9.17) is 4.42 Å². The normalized spacial score (nSPS) is 15.6. The number of hydrogen-bond donors (Lipinski definition) is 0. The Labute approximate surface area is 99.2 Å². The molecule has 6 nitrogen and oxygen atoms in total. The molecular weight excluding hydrogens is 218 g/mol. The molecule has 17 heavy (non-hydrogen) atoms. The van der Waals surface area contributed by atoms with Crippen LogP contribution in [0.15, 0.2) is 22.8 Å². The summed E-state index contributed by atoms with van der Waals surface area (Å²) >= 11 is 0. The van der Waals surface area contributed by atoms with Gasteiger partial charge in [-0.3, -0.25) is 4.90 Å². The van der Waals surface area contributed by atoms with Gasteiger partial charge in [0.05, 0.1) is 25.4 Å². The Kier molecular flexibility index (Phi) is 2.64. The minimum Gasteiger partial charge on any atom is -0.468 e. The van der Waals surface area contributed by atoms with Crippen LogP contribution < -0.4 is 0 Å². The van der Waals surface area contributed by atoms with Gasteiger partial charge in [0.2, 0.25) is 0 Å². The molecule has 2 heterocycles. The lowest BCUT2D eigenvalue weighted by Gasteiger charge is -2.14. The van der Waals surface area contributed by atoms with E-state index in [1.165, 1.54) is 12.8 Å². The van der Waals surface area contributed by atoms with Crippen molar-refractivity contribution >= 4 is 0 Å². The van der Waals surface area contributed by atoms with E-state index in [9.17, 15) is 0 Å². The summed E-state index contributed by atoms with van der Waals surface area (Å²) in [6.07, 6.45) is 4.08. The van der Waals surface area contributed by atoms with Gasteiger partial charge in [-0.05, 0) is 42.4 Å². The van der Waals surface area contributed by atoms with Crippen LogP contribution in [0.2, 0.25) is 0 Å². The minimum atomic E-state index is 0.525. The van der Waals surface area contributed by atoms with Gasteiger partial charge < -0.3 is 4.42 Å². The summed E-state index contributed by atoms with van der Waals surface area (Å²) in [7, 11) is 2.04. The van der Waals surface area contributed by atoms with Crippen LogP contribution >= 0.6 is 0 Å². The Morgan fingerprint density at radius 2 is 2.35 bits per heavy atom. The number of tetrazole rings is 1. The Morgan fingerprint density at radius 3 is 3.06 bits per heavy atom. The van der Waals surface area contributed by atoms with E-state index in [0.29, 0.717) is 6.04 Å². The first kappa shape index (κ1) is 10.5. The maximum Gasteiger partial charge on any atom is 0.165 e. The molecule has 0 N–H and O–H groups in total. The van der Waals surface area contributed by atoms with Crippen molar-refractivity contribution in [2.24, 2.45) is 0 Å². The van der Waals surface area contributed by atoms with Crippen molar-refractivity contribution in [2.45, 2.75) is 32.0 Å². The Bertz CT molecular complexity index is 474. The van der Waals surface area contributed by atoms with E-state index >= 15 is 0 Å². The van der Waals surface area contributed by atoms with Crippen molar-refractivity contribution in [3.8, 4) is 0 Å². The second-order valence-electron chi connectivity index (χ2n) is 4.52. The highest BCUT2D eigenvalue weighted by Gasteiger charge is 2.27. The first-order valence-corrected chi connectivity index (χ1v) is 5.80. The Balaban J connectivity index is 1.63. The van der Waals surface area contributed by atoms with Crippen molar-refractivity contribution in [3.05, 3.63) is 30.0 Å². The summed E-state index contributed by atoms with van der Waals surface area (Å²) in [6.45, 7) is 1.51. The Hall–Kier alpha value is -1.69. The van der Waals surface area contributed by atoms with E-state index in [1.807, 2.05) is 23.9 Å². The van der Waals surface area contributed by atoms with Gasteiger partial charge >= 0.3 is 0 Å². The minimum absolute atomic E-state index is 0.525. The zero-order valence-corrected chi connectivity index (χ0v) is 9.78. The van der Waals surface area contributed by atoms with Crippen LogP contribution in [0.1, 0.15) is 30.5 Å². The molecule has 2 aromatic heterocycles. The first-order chi connectivity index (χ1) is 8.33. The van der Waals surface area contributed by atoms with Gasteiger partial charge in [0.15, 0.2) is 5.82 Å². The van der Waals surface area contributed by atoms with Crippen LogP contribution in [0.3, 0.4) is 0 Å². The fraction of sp³-hybridized carbons (Fsp3) is 0.545. The zero-order valence-electron chi connectivity index (χ0n) is 9.78. The molecule has 2 aromatic rings. The molecule has 0 unspecified atom stereocenters. The lowest BCUT2D eigenvalue weighted by atomic mass is 10.4. The van der Waals surface area contributed by atoms with Gasteiger partial charge in [0, 0.05) is 0 Å².